The lowest BCUT2D eigenvalue weighted by Gasteiger charge is -2.20. The first kappa shape index (κ1) is 15.4. The molecule has 16 heavy (non-hydrogen) atoms. The van der Waals surface area contributed by atoms with Crippen LogP contribution in [0, 0.1) is 11.3 Å². The summed E-state index contributed by atoms with van der Waals surface area (Å²) in [6, 6.07) is 2.06. The Kier molecular flexibility index (Phi) is 8.18. The summed E-state index contributed by atoms with van der Waals surface area (Å²) in [5, 5.41) is 8.76. The third-order valence-electron chi connectivity index (χ3n) is 2.24. The van der Waals surface area contributed by atoms with Gasteiger partial charge in [0, 0.05) is 13.0 Å². The molecule has 0 heterocycles. The Hall–Kier alpha value is -0.630. The molecular formula is C12H24N2O2. The van der Waals surface area contributed by atoms with Crippen molar-refractivity contribution in [1.82, 2.24) is 0 Å². The van der Waals surface area contributed by atoms with Crippen molar-refractivity contribution >= 4 is 0 Å². The average molecular weight is 228 g/mol. The van der Waals surface area contributed by atoms with E-state index in [2.05, 4.69) is 13.0 Å². The van der Waals surface area contributed by atoms with Crippen LogP contribution in [-0.2, 0) is 9.47 Å². The molecule has 0 bridgehead atoms. The van der Waals surface area contributed by atoms with Crippen LogP contribution in [0.4, 0.5) is 0 Å². The molecule has 0 fully saturated rings. The highest BCUT2D eigenvalue weighted by molar-refractivity contribution is 5.01. The molecule has 4 nitrogen and oxygen atoms in total. The van der Waals surface area contributed by atoms with Crippen LogP contribution in [0.1, 0.15) is 40.0 Å². The quantitative estimate of drug-likeness (QED) is 0.611. The van der Waals surface area contributed by atoms with Gasteiger partial charge < -0.3 is 15.2 Å². The monoisotopic (exact) mass is 228 g/mol. The molecule has 2 N–H and O–H groups in total. The fourth-order valence-corrected chi connectivity index (χ4v) is 1.36. The van der Waals surface area contributed by atoms with Crippen LogP contribution < -0.4 is 5.73 Å². The highest BCUT2D eigenvalue weighted by Gasteiger charge is 2.21. The second-order valence-corrected chi connectivity index (χ2v) is 4.38. The van der Waals surface area contributed by atoms with Crippen LogP contribution in [0.25, 0.3) is 0 Å². The van der Waals surface area contributed by atoms with Crippen LogP contribution in [0.2, 0.25) is 0 Å². The van der Waals surface area contributed by atoms with Crippen molar-refractivity contribution < 1.29 is 9.47 Å². The first-order chi connectivity index (χ1) is 7.52. The fraction of sp³-hybridized carbons (Fsp3) is 0.917. The van der Waals surface area contributed by atoms with E-state index in [1.807, 2.05) is 6.92 Å². The zero-order valence-electron chi connectivity index (χ0n) is 10.7. The molecule has 2 unspecified atom stereocenters. The van der Waals surface area contributed by atoms with Crippen LogP contribution in [0.3, 0.4) is 0 Å². The van der Waals surface area contributed by atoms with Gasteiger partial charge >= 0.3 is 0 Å². The highest BCUT2D eigenvalue weighted by Crippen LogP contribution is 2.10. The van der Waals surface area contributed by atoms with Crippen LogP contribution in [-0.4, -0.2) is 31.5 Å². The minimum Gasteiger partial charge on any atom is -0.379 e. The molecule has 2 atom stereocenters. The first-order valence-electron chi connectivity index (χ1n) is 5.91. The third kappa shape index (κ3) is 8.66. The summed E-state index contributed by atoms with van der Waals surface area (Å²) < 4.78 is 10.9. The number of rotatable bonds is 9. The third-order valence-corrected chi connectivity index (χ3v) is 2.24. The van der Waals surface area contributed by atoms with Crippen molar-refractivity contribution in [3.63, 3.8) is 0 Å². The van der Waals surface area contributed by atoms with Gasteiger partial charge in [0.25, 0.3) is 0 Å². The number of unbranched alkanes of at least 4 members (excludes halogenated alkanes) is 1. The molecule has 0 aliphatic carbocycles. The molecule has 94 valence electrons. The van der Waals surface area contributed by atoms with E-state index in [0.29, 0.717) is 19.6 Å². The Morgan fingerprint density at radius 2 is 2.06 bits per heavy atom. The summed E-state index contributed by atoms with van der Waals surface area (Å²) in [6.07, 6.45) is 2.76. The maximum atomic E-state index is 8.76. The van der Waals surface area contributed by atoms with E-state index in [1.54, 1.807) is 6.92 Å². The van der Waals surface area contributed by atoms with Gasteiger partial charge in [0.1, 0.15) is 5.54 Å². The predicted octanol–water partition coefficient (Wildman–Crippen LogP) is 1.84. The second kappa shape index (κ2) is 8.51. The van der Waals surface area contributed by atoms with Crippen molar-refractivity contribution in [2.75, 3.05) is 19.8 Å². The molecule has 0 spiro atoms. The lowest BCUT2D eigenvalue weighted by Crippen LogP contribution is -2.38. The van der Waals surface area contributed by atoms with Gasteiger partial charge in [0.15, 0.2) is 0 Å². The van der Waals surface area contributed by atoms with Gasteiger partial charge in [-0.15, -0.1) is 0 Å². The van der Waals surface area contributed by atoms with Crippen molar-refractivity contribution in [3.8, 4) is 6.07 Å². The van der Waals surface area contributed by atoms with Crippen LogP contribution >= 0.6 is 0 Å². The Balaban J connectivity index is 3.45. The maximum Gasteiger partial charge on any atom is 0.103 e. The van der Waals surface area contributed by atoms with Gasteiger partial charge in [0.2, 0.25) is 0 Å². The zero-order valence-corrected chi connectivity index (χ0v) is 10.7. The Labute approximate surface area is 98.7 Å². The van der Waals surface area contributed by atoms with Crippen molar-refractivity contribution in [3.05, 3.63) is 0 Å². The van der Waals surface area contributed by atoms with E-state index in [9.17, 15) is 0 Å². The minimum atomic E-state index is -0.803. The molecule has 0 amide bonds. The van der Waals surface area contributed by atoms with Crippen molar-refractivity contribution in [1.29, 1.82) is 5.26 Å². The molecule has 0 radical (unpaired) electrons. The lowest BCUT2D eigenvalue weighted by atomic mass is 9.98. The van der Waals surface area contributed by atoms with E-state index in [0.717, 1.165) is 19.4 Å². The molecular weight excluding hydrogens is 204 g/mol. The first-order valence-corrected chi connectivity index (χ1v) is 5.91. The predicted molar refractivity (Wildman–Crippen MR) is 64.0 cm³/mol. The number of nitrogens with two attached hydrogens (primary N) is 1. The number of nitrogens with zero attached hydrogens (tertiary/aromatic N) is 1. The summed E-state index contributed by atoms with van der Waals surface area (Å²) in [7, 11) is 0. The van der Waals surface area contributed by atoms with Crippen molar-refractivity contribution in [2.45, 2.75) is 51.7 Å². The molecule has 0 saturated heterocycles. The van der Waals surface area contributed by atoms with Crippen LogP contribution in [0.15, 0.2) is 0 Å². The Morgan fingerprint density at radius 3 is 2.62 bits per heavy atom. The molecule has 0 aromatic carbocycles. The van der Waals surface area contributed by atoms with E-state index < -0.39 is 5.54 Å². The SMILES string of the molecule is CCCCOCCOC(C)CC(C)(N)C#N. The highest BCUT2D eigenvalue weighted by atomic mass is 16.5. The molecule has 0 aliphatic rings. The number of hydrogen-bond acceptors (Lipinski definition) is 4. The maximum absolute atomic E-state index is 8.76. The minimum absolute atomic E-state index is 0.00979. The van der Waals surface area contributed by atoms with Gasteiger partial charge in [-0.3, -0.25) is 0 Å². The summed E-state index contributed by atoms with van der Waals surface area (Å²) >= 11 is 0. The molecule has 0 aliphatic heterocycles. The van der Waals surface area contributed by atoms with Gasteiger partial charge in [-0.2, -0.15) is 5.26 Å². The summed E-state index contributed by atoms with van der Waals surface area (Å²) in [6.45, 7) is 7.73. The van der Waals surface area contributed by atoms with Gasteiger partial charge in [-0.1, -0.05) is 13.3 Å². The molecule has 4 heteroatoms. The van der Waals surface area contributed by atoms with E-state index >= 15 is 0 Å². The van der Waals surface area contributed by atoms with Gasteiger partial charge in [-0.25, -0.2) is 0 Å². The number of ether oxygens (including phenoxy) is 2. The fourth-order valence-electron chi connectivity index (χ4n) is 1.36. The topological polar surface area (TPSA) is 68.3 Å². The van der Waals surface area contributed by atoms with E-state index in [1.165, 1.54) is 0 Å². The molecule has 0 rings (SSSR count). The van der Waals surface area contributed by atoms with Gasteiger partial charge in [0.05, 0.1) is 25.4 Å². The summed E-state index contributed by atoms with van der Waals surface area (Å²) in [5.41, 5.74) is 4.91. The molecule has 0 aromatic rings. The van der Waals surface area contributed by atoms with Crippen LogP contribution in [0.5, 0.6) is 0 Å². The lowest BCUT2D eigenvalue weighted by molar-refractivity contribution is 0.00403. The summed E-state index contributed by atoms with van der Waals surface area (Å²) in [5.74, 6) is 0. The number of nitriles is 1. The average Bonchev–Trinajstić information content (AvgIpc) is 2.22. The normalized spacial score (nSPS) is 16.4. The molecule has 0 aromatic heterocycles. The van der Waals surface area contributed by atoms with E-state index in [-0.39, 0.29) is 6.10 Å². The standard InChI is InChI=1S/C12H24N2O2/c1-4-5-6-15-7-8-16-11(2)9-12(3,14)10-13/h11H,4-9,14H2,1-3H3. The number of hydrogen-bond donors (Lipinski definition) is 1. The Bertz CT molecular complexity index is 212. The van der Waals surface area contributed by atoms with Crippen molar-refractivity contribution in [2.24, 2.45) is 5.73 Å². The van der Waals surface area contributed by atoms with Gasteiger partial charge in [-0.05, 0) is 20.3 Å². The smallest absolute Gasteiger partial charge is 0.103 e. The van der Waals surface area contributed by atoms with E-state index in [4.69, 9.17) is 20.5 Å². The Morgan fingerprint density at radius 1 is 1.38 bits per heavy atom. The molecule has 0 saturated carbocycles. The summed E-state index contributed by atoms with van der Waals surface area (Å²) in [4.78, 5) is 0. The largest absolute Gasteiger partial charge is 0.379 e. The zero-order chi connectivity index (χ0) is 12.4. The second-order valence-electron chi connectivity index (χ2n) is 4.38.